The SMILES string of the molecule is O=C1NC(=O)C(Cc2c(-c3ccccc3)[nH]c3ccccc23)S1. The van der Waals surface area contributed by atoms with Gasteiger partial charge in [-0.15, -0.1) is 0 Å². The Hall–Kier alpha value is -2.53. The van der Waals surface area contributed by atoms with Crippen LogP contribution in [0.4, 0.5) is 4.79 Å². The summed E-state index contributed by atoms with van der Waals surface area (Å²) in [5.74, 6) is -0.204. The van der Waals surface area contributed by atoms with Crippen molar-refractivity contribution in [1.29, 1.82) is 0 Å². The largest absolute Gasteiger partial charge is 0.354 e. The summed E-state index contributed by atoms with van der Waals surface area (Å²) < 4.78 is 0. The normalized spacial score (nSPS) is 17.7. The van der Waals surface area contributed by atoms with E-state index in [2.05, 4.69) is 10.3 Å². The first-order valence-corrected chi connectivity index (χ1v) is 8.27. The lowest BCUT2D eigenvalue weighted by atomic mass is 10.0. The number of para-hydroxylation sites is 1. The second kappa shape index (κ2) is 5.59. The fourth-order valence-electron chi connectivity index (χ4n) is 2.98. The number of H-pyrrole nitrogens is 1. The van der Waals surface area contributed by atoms with Gasteiger partial charge in [0.2, 0.25) is 5.91 Å². The highest BCUT2D eigenvalue weighted by Crippen LogP contribution is 2.34. The highest BCUT2D eigenvalue weighted by molar-refractivity contribution is 8.15. The molecule has 3 aromatic rings. The van der Waals surface area contributed by atoms with Crippen LogP contribution in [-0.4, -0.2) is 21.4 Å². The summed E-state index contributed by atoms with van der Waals surface area (Å²) in [7, 11) is 0. The van der Waals surface area contributed by atoms with Gasteiger partial charge in [-0.05, 0) is 23.6 Å². The molecule has 1 aliphatic heterocycles. The summed E-state index contributed by atoms with van der Waals surface area (Å²) in [6.45, 7) is 0. The number of carbonyl (C=O) groups excluding carboxylic acids is 2. The van der Waals surface area contributed by atoms with Crippen molar-refractivity contribution in [3.63, 3.8) is 0 Å². The van der Waals surface area contributed by atoms with Gasteiger partial charge >= 0.3 is 0 Å². The monoisotopic (exact) mass is 322 g/mol. The summed E-state index contributed by atoms with van der Waals surface area (Å²) in [5.41, 5.74) is 4.21. The van der Waals surface area contributed by atoms with Crippen LogP contribution in [0.1, 0.15) is 5.56 Å². The maximum Gasteiger partial charge on any atom is 0.286 e. The van der Waals surface area contributed by atoms with Crippen LogP contribution >= 0.6 is 11.8 Å². The molecule has 2 aromatic carbocycles. The minimum atomic E-state index is -0.371. The molecule has 0 radical (unpaired) electrons. The molecule has 5 heteroatoms. The van der Waals surface area contributed by atoms with Crippen LogP contribution < -0.4 is 5.32 Å². The van der Waals surface area contributed by atoms with Gasteiger partial charge in [-0.1, -0.05) is 60.3 Å². The zero-order valence-corrected chi connectivity index (χ0v) is 13.0. The molecule has 2 heterocycles. The van der Waals surface area contributed by atoms with E-state index in [9.17, 15) is 9.59 Å². The Labute approximate surface area is 137 Å². The van der Waals surface area contributed by atoms with Gasteiger partial charge in [0, 0.05) is 16.6 Å². The van der Waals surface area contributed by atoms with Crippen molar-refractivity contribution < 1.29 is 9.59 Å². The first kappa shape index (κ1) is 14.1. The van der Waals surface area contributed by atoms with Gasteiger partial charge in [0.25, 0.3) is 5.24 Å². The highest BCUT2D eigenvalue weighted by Gasteiger charge is 2.33. The summed E-state index contributed by atoms with van der Waals surface area (Å²) >= 11 is 1.07. The first-order valence-electron chi connectivity index (χ1n) is 7.39. The van der Waals surface area contributed by atoms with Gasteiger partial charge in [-0.25, -0.2) is 0 Å². The smallest absolute Gasteiger partial charge is 0.286 e. The first-order chi connectivity index (χ1) is 11.2. The van der Waals surface area contributed by atoms with Crippen LogP contribution in [0.3, 0.4) is 0 Å². The minimum absolute atomic E-state index is 0.204. The van der Waals surface area contributed by atoms with Crippen molar-refractivity contribution >= 4 is 33.8 Å². The van der Waals surface area contributed by atoms with Crippen LogP contribution in [0.15, 0.2) is 54.6 Å². The number of rotatable bonds is 3. The van der Waals surface area contributed by atoms with Crippen molar-refractivity contribution in [3.05, 3.63) is 60.2 Å². The van der Waals surface area contributed by atoms with Crippen molar-refractivity contribution in [3.8, 4) is 11.3 Å². The Morgan fingerprint density at radius 1 is 0.957 bits per heavy atom. The van der Waals surface area contributed by atoms with E-state index in [1.54, 1.807) is 0 Å². The highest BCUT2D eigenvalue weighted by atomic mass is 32.2. The lowest BCUT2D eigenvalue weighted by Gasteiger charge is -2.08. The number of hydrogen-bond acceptors (Lipinski definition) is 3. The molecule has 0 saturated carbocycles. The van der Waals surface area contributed by atoms with Gasteiger partial charge in [0.1, 0.15) is 0 Å². The number of nitrogens with one attached hydrogen (secondary N) is 2. The molecule has 1 aromatic heterocycles. The van der Waals surface area contributed by atoms with Gasteiger partial charge in [-0.3, -0.25) is 14.9 Å². The molecular weight excluding hydrogens is 308 g/mol. The molecule has 1 atom stereocenters. The third-order valence-corrected chi connectivity index (χ3v) is 5.01. The quantitative estimate of drug-likeness (QED) is 0.772. The Morgan fingerprint density at radius 3 is 2.43 bits per heavy atom. The topological polar surface area (TPSA) is 62.0 Å². The van der Waals surface area contributed by atoms with Crippen LogP contribution in [-0.2, 0) is 11.2 Å². The number of aromatic amines is 1. The third-order valence-electron chi connectivity index (χ3n) is 4.03. The predicted molar refractivity (Wildman–Crippen MR) is 92.4 cm³/mol. The fourth-order valence-corrected chi connectivity index (χ4v) is 3.81. The molecule has 0 bridgehead atoms. The maximum atomic E-state index is 11.9. The van der Waals surface area contributed by atoms with Gasteiger partial charge in [0.15, 0.2) is 0 Å². The van der Waals surface area contributed by atoms with E-state index < -0.39 is 0 Å². The Morgan fingerprint density at radius 2 is 1.70 bits per heavy atom. The van der Waals surface area contributed by atoms with Gasteiger partial charge < -0.3 is 4.98 Å². The van der Waals surface area contributed by atoms with Crippen molar-refractivity contribution in [2.75, 3.05) is 0 Å². The molecule has 114 valence electrons. The number of aromatic nitrogens is 1. The van der Waals surface area contributed by atoms with E-state index in [0.717, 1.165) is 39.5 Å². The van der Waals surface area contributed by atoms with Gasteiger partial charge in [-0.2, -0.15) is 0 Å². The van der Waals surface area contributed by atoms with E-state index in [1.807, 2.05) is 54.6 Å². The molecule has 4 nitrogen and oxygen atoms in total. The zero-order chi connectivity index (χ0) is 15.8. The molecule has 1 saturated heterocycles. The number of thioether (sulfide) groups is 1. The number of benzene rings is 2. The van der Waals surface area contributed by atoms with E-state index in [0.29, 0.717) is 6.42 Å². The molecule has 1 unspecified atom stereocenters. The van der Waals surface area contributed by atoms with Crippen LogP contribution in [0.2, 0.25) is 0 Å². The predicted octanol–water partition coefficient (Wildman–Crippen LogP) is 3.73. The molecule has 4 rings (SSSR count). The minimum Gasteiger partial charge on any atom is -0.354 e. The number of fused-ring (bicyclic) bond motifs is 1. The number of carbonyl (C=O) groups is 2. The number of imide groups is 1. The van der Waals surface area contributed by atoms with Crippen molar-refractivity contribution in [2.45, 2.75) is 11.7 Å². The summed E-state index contributed by atoms with van der Waals surface area (Å²) in [6.07, 6.45) is 0.524. The molecule has 2 amide bonds. The fraction of sp³-hybridized carbons (Fsp3) is 0.111. The number of hydrogen-bond donors (Lipinski definition) is 2. The maximum absolute atomic E-state index is 11.9. The van der Waals surface area contributed by atoms with E-state index in [-0.39, 0.29) is 16.4 Å². The molecular formula is C18H14N2O2S. The average Bonchev–Trinajstić information content (AvgIpc) is 3.09. The molecule has 23 heavy (non-hydrogen) atoms. The Kier molecular flexibility index (Phi) is 3.42. The van der Waals surface area contributed by atoms with Crippen molar-refractivity contribution in [1.82, 2.24) is 10.3 Å². The number of amides is 2. The van der Waals surface area contributed by atoms with Crippen LogP contribution in [0, 0.1) is 0 Å². The standard InChI is InChI=1S/C18H14N2O2S/c21-17-15(23-18(22)20-17)10-13-12-8-4-5-9-14(12)19-16(13)11-6-2-1-3-7-11/h1-9,15,19H,10H2,(H,20,21,22). The lowest BCUT2D eigenvalue weighted by molar-refractivity contribution is -0.118. The summed E-state index contributed by atoms with van der Waals surface area (Å²) in [4.78, 5) is 26.8. The third kappa shape index (κ3) is 2.53. The zero-order valence-electron chi connectivity index (χ0n) is 12.2. The summed E-state index contributed by atoms with van der Waals surface area (Å²) in [5, 5.41) is 2.82. The van der Waals surface area contributed by atoms with Crippen molar-refractivity contribution in [2.24, 2.45) is 0 Å². The average molecular weight is 322 g/mol. The second-order valence-corrected chi connectivity index (χ2v) is 6.65. The molecule has 2 N–H and O–H groups in total. The molecule has 1 aliphatic rings. The molecule has 1 fully saturated rings. The second-order valence-electron chi connectivity index (χ2n) is 5.48. The van der Waals surface area contributed by atoms with Crippen LogP contribution in [0.5, 0.6) is 0 Å². The lowest BCUT2D eigenvalue weighted by Crippen LogP contribution is -2.25. The van der Waals surface area contributed by atoms with E-state index >= 15 is 0 Å². The van der Waals surface area contributed by atoms with Crippen LogP contribution in [0.25, 0.3) is 22.2 Å². The Balaban J connectivity index is 1.83. The summed E-state index contributed by atoms with van der Waals surface area (Å²) in [6, 6.07) is 18.1. The molecule has 0 spiro atoms. The van der Waals surface area contributed by atoms with E-state index in [1.165, 1.54) is 0 Å². The molecule has 0 aliphatic carbocycles. The van der Waals surface area contributed by atoms with E-state index in [4.69, 9.17) is 0 Å². The van der Waals surface area contributed by atoms with Gasteiger partial charge in [0.05, 0.1) is 5.25 Å². The Bertz CT molecular complexity index is 902.